The number of hydrogen-bond donors (Lipinski definition) is 3. The molecule has 0 spiro atoms. The van der Waals surface area contributed by atoms with Crippen LogP contribution >= 0.6 is 0 Å². The van der Waals surface area contributed by atoms with Crippen LogP contribution in [-0.4, -0.2) is 37.0 Å². The molecule has 2 rings (SSSR count). The standard InChI is InChI=1S/C13H23N3O2/c1-9(13(18)16-11-3-4-11)15-12(17)5-2-10-6-7-14-8-10/h9-11,14H,2-8H2,1H3,(H,15,17)(H,16,18). The highest BCUT2D eigenvalue weighted by Crippen LogP contribution is 2.18. The molecule has 1 saturated carbocycles. The van der Waals surface area contributed by atoms with Gasteiger partial charge >= 0.3 is 0 Å². The van der Waals surface area contributed by atoms with Gasteiger partial charge in [0.15, 0.2) is 0 Å². The van der Waals surface area contributed by atoms with Crippen molar-refractivity contribution in [3.8, 4) is 0 Å². The van der Waals surface area contributed by atoms with Crippen molar-refractivity contribution in [1.29, 1.82) is 0 Å². The van der Waals surface area contributed by atoms with Crippen molar-refractivity contribution in [2.75, 3.05) is 13.1 Å². The fraction of sp³-hybridized carbons (Fsp3) is 0.846. The molecule has 5 heteroatoms. The second-order valence-electron chi connectivity index (χ2n) is 5.47. The van der Waals surface area contributed by atoms with E-state index in [2.05, 4.69) is 16.0 Å². The summed E-state index contributed by atoms with van der Waals surface area (Å²) < 4.78 is 0. The van der Waals surface area contributed by atoms with E-state index in [1.807, 2.05) is 0 Å². The third-order valence-electron chi connectivity index (χ3n) is 3.64. The molecular weight excluding hydrogens is 230 g/mol. The van der Waals surface area contributed by atoms with Crippen molar-refractivity contribution in [3.05, 3.63) is 0 Å². The maximum absolute atomic E-state index is 11.7. The lowest BCUT2D eigenvalue weighted by Crippen LogP contribution is -2.45. The summed E-state index contributed by atoms with van der Waals surface area (Å²) in [6, 6.07) is -0.0683. The zero-order valence-electron chi connectivity index (χ0n) is 11.0. The topological polar surface area (TPSA) is 70.2 Å². The van der Waals surface area contributed by atoms with Gasteiger partial charge in [0, 0.05) is 12.5 Å². The van der Waals surface area contributed by atoms with Gasteiger partial charge in [-0.2, -0.15) is 0 Å². The SMILES string of the molecule is CC(NC(=O)CCC1CCNC1)C(=O)NC1CC1. The zero-order valence-corrected chi connectivity index (χ0v) is 11.0. The van der Waals surface area contributed by atoms with Gasteiger partial charge in [0.1, 0.15) is 6.04 Å². The molecule has 2 unspecified atom stereocenters. The molecule has 2 atom stereocenters. The van der Waals surface area contributed by atoms with Gasteiger partial charge in [-0.25, -0.2) is 0 Å². The van der Waals surface area contributed by atoms with Crippen molar-refractivity contribution < 1.29 is 9.59 Å². The number of rotatable bonds is 6. The summed E-state index contributed by atoms with van der Waals surface area (Å²) in [7, 11) is 0. The third kappa shape index (κ3) is 4.29. The lowest BCUT2D eigenvalue weighted by molar-refractivity contribution is -0.128. The monoisotopic (exact) mass is 253 g/mol. The predicted octanol–water partition coefficient (Wildman–Crippen LogP) is 0.159. The van der Waals surface area contributed by atoms with Gasteiger partial charge in [-0.3, -0.25) is 9.59 Å². The Labute approximate surface area is 108 Å². The molecule has 0 aromatic carbocycles. The van der Waals surface area contributed by atoms with E-state index < -0.39 is 6.04 Å². The van der Waals surface area contributed by atoms with E-state index in [4.69, 9.17) is 0 Å². The van der Waals surface area contributed by atoms with Gasteiger partial charge < -0.3 is 16.0 Å². The Morgan fingerprint density at radius 3 is 2.72 bits per heavy atom. The smallest absolute Gasteiger partial charge is 0.242 e. The van der Waals surface area contributed by atoms with Crippen LogP contribution in [0.15, 0.2) is 0 Å². The summed E-state index contributed by atoms with van der Waals surface area (Å²) in [6.07, 6.45) is 4.73. The second-order valence-corrected chi connectivity index (χ2v) is 5.47. The van der Waals surface area contributed by atoms with Crippen molar-refractivity contribution in [2.24, 2.45) is 5.92 Å². The largest absolute Gasteiger partial charge is 0.352 e. The Kier molecular flexibility index (Phi) is 4.58. The maximum atomic E-state index is 11.7. The van der Waals surface area contributed by atoms with E-state index in [9.17, 15) is 9.59 Å². The molecule has 0 aromatic heterocycles. The van der Waals surface area contributed by atoms with Crippen molar-refractivity contribution >= 4 is 11.8 Å². The third-order valence-corrected chi connectivity index (χ3v) is 3.64. The first-order valence-corrected chi connectivity index (χ1v) is 6.95. The van der Waals surface area contributed by atoms with Crippen LogP contribution in [-0.2, 0) is 9.59 Å². The second kappa shape index (κ2) is 6.18. The molecule has 1 saturated heterocycles. The maximum Gasteiger partial charge on any atom is 0.242 e. The minimum Gasteiger partial charge on any atom is -0.352 e. The normalized spacial score (nSPS) is 24.6. The Balaban J connectivity index is 1.61. The molecule has 0 bridgehead atoms. The summed E-state index contributed by atoms with van der Waals surface area (Å²) in [4.78, 5) is 23.4. The first-order chi connectivity index (χ1) is 8.65. The highest BCUT2D eigenvalue weighted by Gasteiger charge is 2.26. The molecule has 18 heavy (non-hydrogen) atoms. The van der Waals surface area contributed by atoms with Crippen molar-refractivity contribution in [1.82, 2.24) is 16.0 Å². The Hall–Kier alpha value is -1.10. The molecular formula is C13H23N3O2. The molecule has 2 aliphatic rings. The number of carbonyl (C=O) groups is 2. The Bertz CT molecular complexity index is 309. The van der Waals surface area contributed by atoms with Gasteiger partial charge in [0.25, 0.3) is 0 Å². The van der Waals surface area contributed by atoms with Crippen molar-refractivity contribution in [3.63, 3.8) is 0 Å². The quantitative estimate of drug-likeness (QED) is 0.631. The van der Waals surface area contributed by atoms with E-state index >= 15 is 0 Å². The number of carbonyl (C=O) groups excluding carboxylic acids is 2. The average molecular weight is 253 g/mol. The van der Waals surface area contributed by atoms with E-state index in [0.717, 1.165) is 38.8 Å². The first-order valence-electron chi connectivity index (χ1n) is 6.95. The number of nitrogens with one attached hydrogen (secondary N) is 3. The van der Waals surface area contributed by atoms with Gasteiger partial charge in [-0.05, 0) is 51.6 Å². The van der Waals surface area contributed by atoms with E-state index in [-0.39, 0.29) is 11.8 Å². The molecule has 0 radical (unpaired) electrons. The predicted molar refractivity (Wildman–Crippen MR) is 69.0 cm³/mol. The van der Waals surface area contributed by atoms with E-state index in [1.54, 1.807) is 6.92 Å². The minimum absolute atomic E-state index is 0.0136. The highest BCUT2D eigenvalue weighted by molar-refractivity contribution is 5.87. The van der Waals surface area contributed by atoms with Gasteiger partial charge in [-0.15, -0.1) is 0 Å². The molecule has 2 fully saturated rings. The van der Waals surface area contributed by atoms with E-state index in [0.29, 0.717) is 18.4 Å². The Morgan fingerprint density at radius 2 is 2.11 bits per heavy atom. The average Bonchev–Trinajstić information content (AvgIpc) is 2.99. The Morgan fingerprint density at radius 1 is 1.33 bits per heavy atom. The molecule has 102 valence electrons. The van der Waals surface area contributed by atoms with Crippen molar-refractivity contribution in [2.45, 2.75) is 51.1 Å². The summed E-state index contributed by atoms with van der Waals surface area (Å²) in [5.74, 6) is 0.542. The molecule has 0 aromatic rings. The van der Waals surface area contributed by atoms with Crippen LogP contribution in [0.25, 0.3) is 0 Å². The van der Waals surface area contributed by atoms with Crippen LogP contribution in [0.2, 0.25) is 0 Å². The number of hydrogen-bond acceptors (Lipinski definition) is 3. The molecule has 2 amide bonds. The van der Waals surface area contributed by atoms with Crippen LogP contribution in [0.4, 0.5) is 0 Å². The van der Waals surface area contributed by atoms with Crippen LogP contribution in [0, 0.1) is 5.92 Å². The summed E-state index contributed by atoms with van der Waals surface area (Å²) in [5.41, 5.74) is 0. The lowest BCUT2D eigenvalue weighted by Gasteiger charge is -2.14. The highest BCUT2D eigenvalue weighted by atomic mass is 16.2. The molecule has 1 aliphatic carbocycles. The van der Waals surface area contributed by atoms with Gasteiger partial charge in [0.2, 0.25) is 11.8 Å². The van der Waals surface area contributed by atoms with Crippen LogP contribution < -0.4 is 16.0 Å². The molecule has 1 aliphatic heterocycles. The molecule has 5 nitrogen and oxygen atoms in total. The van der Waals surface area contributed by atoms with Gasteiger partial charge in [-0.1, -0.05) is 0 Å². The van der Waals surface area contributed by atoms with Crippen LogP contribution in [0.3, 0.4) is 0 Å². The first kappa shape index (κ1) is 13.3. The minimum atomic E-state index is -0.417. The fourth-order valence-corrected chi connectivity index (χ4v) is 2.23. The van der Waals surface area contributed by atoms with Gasteiger partial charge in [0.05, 0.1) is 0 Å². The van der Waals surface area contributed by atoms with E-state index in [1.165, 1.54) is 0 Å². The summed E-state index contributed by atoms with van der Waals surface area (Å²) in [5, 5.41) is 8.95. The fourth-order valence-electron chi connectivity index (χ4n) is 2.23. The zero-order chi connectivity index (χ0) is 13.0. The lowest BCUT2D eigenvalue weighted by atomic mass is 10.0. The summed E-state index contributed by atoms with van der Waals surface area (Å²) in [6.45, 7) is 3.82. The molecule has 3 N–H and O–H groups in total. The number of amides is 2. The van der Waals surface area contributed by atoms with Crippen LogP contribution in [0.5, 0.6) is 0 Å². The summed E-state index contributed by atoms with van der Waals surface area (Å²) >= 11 is 0. The van der Waals surface area contributed by atoms with Crippen LogP contribution in [0.1, 0.15) is 39.0 Å². The molecule has 1 heterocycles.